The minimum atomic E-state index is -0.978. The number of quaternary nitrogens is 1. The van der Waals surface area contributed by atoms with Crippen LogP contribution in [0, 0.1) is 0 Å². The molecule has 0 aromatic heterocycles. The van der Waals surface area contributed by atoms with Gasteiger partial charge in [0.2, 0.25) is 0 Å². The van der Waals surface area contributed by atoms with E-state index in [1.165, 1.54) is 0 Å². The van der Waals surface area contributed by atoms with E-state index in [0.717, 1.165) is 16.7 Å². The van der Waals surface area contributed by atoms with Gasteiger partial charge in [-0.2, -0.15) is 0 Å². The summed E-state index contributed by atoms with van der Waals surface area (Å²) in [5.41, 5.74) is 5.35. The zero-order valence-electron chi connectivity index (χ0n) is 22.8. The van der Waals surface area contributed by atoms with E-state index in [-0.39, 0.29) is 23.5 Å². The Morgan fingerprint density at radius 1 is 0.842 bits per heavy atom. The van der Waals surface area contributed by atoms with E-state index in [2.05, 4.69) is 10.7 Å². The molecule has 0 fully saturated rings. The van der Waals surface area contributed by atoms with E-state index in [4.69, 9.17) is 4.74 Å². The summed E-state index contributed by atoms with van der Waals surface area (Å²) in [5.74, 6) is -0.151. The molecular formula is C31H40N3O4+. The number of hydrogen-bond donors (Lipinski definition) is 3. The summed E-state index contributed by atoms with van der Waals surface area (Å²) in [7, 11) is 1.88. The van der Waals surface area contributed by atoms with Crippen LogP contribution in [-0.4, -0.2) is 53.0 Å². The quantitative estimate of drug-likeness (QED) is 0.259. The fourth-order valence-corrected chi connectivity index (χ4v) is 4.41. The second-order valence-electron chi connectivity index (χ2n) is 10.9. The molecule has 0 aliphatic heterocycles. The first-order valence-electron chi connectivity index (χ1n) is 13.0. The van der Waals surface area contributed by atoms with E-state index < -0.39 is 23.8 Å². The molecule has 0 spiro atoms. The Kier molecular flexibility index (Phi) is 10.0. The van der Waals surface area contributed by atoms with Crippen LogP contribution in [0.5, 0.6) is 0 Å². The zero-order chi connectivity index (χ0) is 27.6. The van der Waals surface area contributed by atoms with Gasteiger partial charge in [0, 0.05) is 5.56 Å². The van der Waals surface area contributed by atoms with Crippen LogP contribution in [0.1, 0.15) is 37.5 Å². The number of hydrogen-bond acceptors (Lipinski definition) is 4. The Morgan fingerprint density at radius 2 is 1.34 bits per heavy atom. The molecule has 3 rings (SSSR count). The highest BCUT2D eigenvalue weighted by Gasteiger charge is 2.34. The third-order valence-electron chi connectivity index (χ3n) is 6.03. The lowest BCUT2D eigenvalue weighted by molar-refractivity contribution is -0.958. The van der Waals surface area contributed by atoms with Crippen molar-refractivity contribution in [2.45, 2.75) is 57.9 Å². The Labute approximate surface area is 226 Å². The molecule has 0 radical (unpaired) electrons. The van der Waals surface area contributed by atoms with E-state index in [1.807, 2.05) is 98.0 Å². The van der Waals surface area contributed by atoms with Crippen molar-refractivity contribution in [2.24, 2.45) is 0 Å². The summed E-state index contributed by atoms with van der Waals surface area (Å²) in [6.07, 6.45) is -0.940. The van der Waals surface area contributed by atoms with Gasteiger partial charge in [-0.05, 0) is 38.3 Å². The van der Waals surface area contributed by atoms with Gasteiger partial charge in [-0.25, -0.2) is 14.8 Å². The lowest BCUT2D eigenvalue weighted by atomic mass is 10.0. The van der Waals surface area contributed by atoms with E-state index >= 15 is 0 Å². The molecule has 3 aromatic rings. The molecule has 3 aromatic carbocycles. The van der Waals surface area contributed by atoms with Crippen molar-refractivity contribution in [3.05, 3.63) is 108 Å². The van der Waals surface area contributed by atoms with Crippen LogP contribution < -0.4 is 10.7 Å². The van der Waals surface area contributed by atoms with Gasteiger partial charge in [-0.1, -0.05) is 91.0 Å². The Balaban J connectivity index is 1.81. The van der Waals surface area contributed by atoms with Crippen molar-refractivity contribution >= 4 is 12.0 Å². The molecule has 0 saturated carbocycles. The van der Waals surface area contributed by atoms with E-state index in [0.29, 0.717) is 13.0 Å². The first-order chi connectivity index (χ1) is 18.0. The third kappa shape index (κ3) is 10.00. The highest BCUT2D eigenvalue weighted by atomic mass is 16.6. The molecular weight excluding hydrogens is 478 g/mol. The zero-order valence-corrected chi connectivity index (χ0v) is 22.8. The number of amides is 2. The van der Waals surface area contributed by atoms with Crippen molar-refractivity contribution in [3.8, 4) is 0 Å². The summed E-state index contributed by atoms with van der Waals surface area (Å²) in [5, 5.41) is 14.4. The number of nitrogens with zero attached hydrogens (tertiary/aromatic N) is 1. The van der Waals surface area contributed by atoms with Crippen LogP contribution >= 0.6 is 0 Å². The monoisotopic (exact) mass is 518 g/mol. The summed E-state index contributed by atoms with van der Waals surface area (Å²) < 4.78 is 5.53. The van der Waals surface area contributed by atoms with Crippen LogP contribution in [0.3, 0.4) is 0 Å². The SMILES string of the molecule is CC(C)(C)OC(=O)N[C@@H](Cc1ccccc1)[C@@H](O)C[N+](C)(Cc1ccccc1)NC(=O)Cc1ccccc1. The fraction of sp³-hybridized carbons (Fsp3) is 0.355. The first-order valence-corrected chi connectivity index (χ1v) is 13.0. The average molecular weight is 519 g/mol. The molecule has 7 nitrogen and oxygen atoms in total. The topological polar surface area (TPSA) is 87.7 Å². The Morgan fingerprint density at radius 3 is 1.87 bits per heavy atom. The molecule has 0 bridgehead atoms. The van der Waals surface area contributed by atoms with Crippen LogP contribution in [0.4, 0.5) is 4.79 Å². The normalized spacial score (nSPS) is 14.6. The summed E-state index contributed by atoms with van der Waals surface area (Å²) >= 11 is 0. The maximum atomic E-state index is 13.1. The number of carbonyl (C=O) groups excluding carboxylic acids is 2. The lowest BCUT2D eigenvalue weighted by Gasteiger charge is -2.37. The molecule has 38 heavy (non-hydrogen) atoms. The maximum absolute atomic E-state index is 13.1. The number of aliphatic hydroxyl groups is 1. The number of aliphatic hydroxyl groups excluding tert-OH is 1. The number of rotatable bonds is 11. The van der Waals surface area contributed by atoms with Crippen LogP contribution in [0.15, 0.2) is 91.0 Å². The second-order valence-corrected chi connectivity index (χ2v) is 10.9. The van der Waals surface area contributed by atoms with Gasteiger partial charge in [0.1, 0.15) is 24.8 Å². The standard InChI is InChI=1S/C31H39N3O4/c1-31(2,3)38-30(37)32-27(20-24-14-8-5-9-15-24)28(35)23-34(4,22-26-18-12-7-13-19-26)33-29(36)21-25-16-10-6-11-17-25/h5-19,27-28,35H,20-23H2,1-4H3,(H-,32,33,36,37)/p+1/t27-,28-,34?/m0/s1. The number of carbonyl (C=O) groups is 2. The summed E-state index contributed by atoms with van der Waals surface area (Å²) in [4.78, 5) is 25.8. The average Bonchev–Trinajstić information content (AvgIpc) is 2.84. The molecule has 1 unspecified atom stereocenters. The third-order valence-corrected chi connectivity index (χ3v) is 6.03. The number of ether oxygens (including phenoxy) is 1. The van der Waals surface area contributed by atoms with Crippen LogP contribution in [0.2, 0.25) is 0 Å². The first kappa shape index (κ1) is 28.9. The Bertz CT molecular complexity index is 1150. The number of benzene rings is 3. The molecule has 0 saturated heterocycles. The molecule has 3 atom stereocenters. The van der Waals surface area contributed by atoms with E-state index in [1.54, 1.807) is 20.8 Å². The van der Waals surface area contributed by atoms with Gasteiger partial charge < -0.3 is 15.2 Å². The van der Waals surface area contributed by atoms with Crippen molar-refractivity contribution in [1.82, 2.24) is 10.7 Å². The highest BCUT2D eigenvalue weighted by Crippen LogP contribution is 2.16. The second kappa shape index (κ2) is 13.2. The minimum absolute atomic E-state index is 0.0537. The maximum Gasteiger partial charge on any atom is 0.407 e. The van der Waals surface area contributed by atoms with Gasteiger partial charge in [0.15, 0.2) is 0 Å². The number of nitrogens with one attached hydrogen (secondary N) is 2. The predicted molar refractivity (Wildman–Crippen MR) is 149 cm³/mol. The molecule has 0 aliphatic carbocycles. The molecule has 2 amide bonds. The van der Waals surface area contributed by atoms with Crippen molar-refractivity contribution in [3.63, 3.8) is 0 Å². The molecule has 202 valence electrons. The summed E-state index contributed by atoms with van der Waals surface area (Å²) in [6.45, 7) is 6.02. The van der Waals surface area contributed by atoms with Gasteiger partial charge in [-0.3, -0.25) is 4.79 Å². The van der Waals surface area contributed by atoms with Gasteiger partial charge in [-0.15, -0.1) is 0 Å². The largest absolute Gasteiger partial charge is 0.444 e. The Hall–Kier alpha value is -3.68. The van der Waals surface area contributed by atoms with Crippen LogP contribution in [0.25, 0.3) is 0 Å². The molecule has 0 aliphatic rings. The molecule has 0 heterocycles. The van der Waals surface area contributed by atoms with Crippen molar-refractivity contribution in [1.29, 1.82) is 0 Å². The minimum Gasteiger partial charge on any atom is -0.444 e. The molecule has 3 N–H and O–H groups in total. The lowest BCUT2D eigenvalue weighted by Crippen LogP contribution is -2.62. The van der Waals surface area contributed by atoms with Crippen molar-refractivity contribution < 1.29 is 24.0 Å². The van der Waals surface area contributed by atoms with Crippen LogP contribution in [-0.2, 0) is 28.9 Å². The molecule has 7 heteroatoms. The van der Waals surface area contributed by atoms with E-state index in [9.17, 15) is 14.7 Å². The van der Waals surface area contributed by atoms with Gasteiger partial charge >= 0.3 is 6.09 Å². The fourth-order valence-electron chi connectivity index (χ4n) is 4.41. The highest BCUT2D eigenvalue weighted by molar-refractivity contribution is 5.77. The predicted octanol–water partition coefficient (Wildman–Crippen LogP) is 4.40. The number of alkyl carbamates (subject to hydrolysis) is 1. The smallest absolute Gasteiger partial charge is 0.407 e. The van der Waals surface area contributed by atoms with Crippen molar-refractivity contribution in [2.75, 3.05) is 13.6 Å². The van der Waals surface area contributed by atoms with Gasteiger partial charge in [0.25, 0.3) is 5.91 Å². The van der Waals surface area contributed by atoms with Gasteiger partial charge in [0.05, 0.1) is 19.5 Å². The summed E-state index contributed by atoms with van der Waals surface area (Å²) in [6, 6.07) is 28.4. The number of likely N-dealkylation sites (N-methyl/N-ethyl adjacent to an activating group) is 1.